The number of carboxylic acids is 1. The Morgan fingerprint density at radius 3 is 2.84 bits per heavy atom. The number of hydrogen-bond donors (Lipinski definition) is 2. The topological polar surface area (TPSA) is 107 Å². The molecule has 100 valence electrons. The summed E-state index contributed by atoms with van der Waals surface area (Å²) in [5.41, 5.74) is 0.505. The van der Waals surface area contributed by atoms with Gasteiger partial charge in [-0.25, -0.2) is 4.79 Å². The summed E-state index contributed by atoms with van der Waals surface area (Å²) in [6, 6.07) is 6.65. The maximum absolute atomic E-state index is 10.4. The lowest BCUT2D eigenvalue weighted by Crippen LogP contribution is -2.10. The summed E-state index contributed by atoms with van der Waals surface area (Å²) in [6.07, 6.45) is 0. The number of carbonyl (C=O) groups is 1. The van der Waals surface area contributed by atoms with Crippen LogP contribution in [0.15, 0.2) is 24.3 Å². The zero-order chi connectivity index (χ0) is 13.8. The van der Waals surface area contributed by atoms with E-state index in [1.165, 1.54) is 7.11 Å². The maximum atomic E-state index is 10.4. The van der Waals surface area contributed by atoms with Crippen molar-refractivity contribution in [1.29, 1.82) is 0 Å². The van der Waals surface area contributed by atoms with E-state index >= 15 is 0 Å². The van der Waals surface area contributed by atoms with Crippen molar-refractivity contribution in [2.24, 2.45) is 0 Å². The van der Waals surface area contributed by atoms with E-state index in [9.17, 15) is 10.0 Å². The highest BCUT2D eigenvalue weighted by Crippen LogP contribution is 2.28. The predicted octanol–water partition coefficient (Wildman–Crippen LogP) is 0.654. The minimum absolute atomic E-state index is 0.0952. The van der Waals surface area contributed by atoms with Gasteiger partial charge in [0.15, 0.2) is 6.61 Å². The van der Waals surface area contributed by atoms with Crippen LogP contribution in [-0.2, 0) is 4.79 Å². The van der Waals surface area contributed by atoms with Gasteiger partial charge >= 0.3 is 12.0 Å². The molecule has 0 fully saturated rings. The minimum atomic E-state index is -1.16. The highest BCUT2D eigenvalue weighted by Gasteiger charge is 2.16. The molecule has 0 radical (unpaired) electrons. The van der Waals surface area contributed by atoms with Crippen molar-refractivity contribution in [3.8, 4) is 23.1 Å². The molecule has 8 nitrogen and oxygen atoms in total. The van der Waals surface area contributed by atoms with E-state index in [0.29, 0.717) is 16.2 Å². The van der Waals surface area contributed by atoms with Crippen molar-refractivity contribution in [1.82, 2.24) is 14.9 Å². The molecule has 0 aliphatic heterocycles. The third-order valence-corrected chi connectivity index (χ3v) is 2.24. The molecule has 1 aromatic heterocycles. The van der Waals surface area contributed by atoms with E-state index in [4.69, 9.17) is 14.6 Å². The van der Waals surface area contributed by atoms with Crippen LogP contribution >= 0.6 is 0 Å². The van der Waals surface area contributed by atoms with Gasteiger partial charge in [0.1, 0.15) is 5.75 Å². The SMILES string of the molecule is COc1ccccc1-c1nc(OCC(=O)O)nn1O. The van der Waals surface area contributed by atoms with Crippen LogP contribution in [0.1, 0.15) is 0 Å². The molecule has 2 rings (SSSR count). The second-order valence-electron chi connectivity index (χ2n) is 3.49. The van der Waals surface area contributed by atoms with Crippen LogP contribution in [0.25, 0.3) is 11.4 Å². The van der Waals surface area contributed by atoms with Crippen molar-refractivity contribution in [2.45, 2.75) is 0 Å². The van der Waals surface area contributed by atoms with E-state index in [-0.39, 0.29) is 11.8 Å². The number of aliphatic carboxylic acids is 1. The van der Waals surface area contributed by atoms with E-state index in [1.807, 2.05) is 0 Å². The zero-order valence-electron chi connectivity index (χ0n) is 9.98. The van der Waals surface area contributed by atoms with Crippen molar-refractivity contribution in [3.05, 3.63) is 24.3 Å². The number of benzene rings is 1. The van der Waals surface area contributed by atoms with Crippen LogP contribution in [0, 0.1) is 0 Å². The first kappa shape index (κ1) is 12.7. The Balaban J connectivity index is 2.32. The molecule has 19 heavy (non-hydrogen) atoms. The van der Waals surface area contributed by atoms with Gasteiger partial charge in [0.05, 0.1) is 12.7 Å². The molecule has 0 unspecified atom stereocenters. The number of hydrogen-bond acceptors (Lipinski definition) is 6. The first-order valence-electron chi connectivity index (χ1n) is 5.26. The fourth-order valence-electron chi connectivity index (χ4n) is 1.47. The lowest BCUT2D eigenvalue weighted by Gasteiger charge is -2.05. The number of ether oxygens (including phenoxy) is 2. The molecule has 0 atom stereocenters. The van der Waals surface area contributed by atoms with Crippen LogP contribution in [0.4, 0.5) is 0 Å². The molecule has 0 spiro atoms. The second-order valence-corrected chi connectivity index (χ2v) is 3.49. The summed E-state index contributed by atoms with van der Waals surface area (Å²) < 4.78 is 9.92. The molecular weight excluding hydrogens is 254 g/mol. The highest BCUT2D eigenvalue weighted by molar-refractivity contribution is 5.68. The van der Waals surface area contributed by atoms with Crippen LogP contribution in [0.5, 0.6) is 11.8 Å². The molecule has 0 aliphatic rings. The minimum Gasteiger partial charge on any atom is -0.496 e. The quantitative estimate of drug-likeness (QED) is 0.764. The molecule has 0 saturated carbocycles. The van der Waals surface area contributed by atoms with Gasteiger partial charge in [0, 0.05) is 0 Å². The summed E-state index contributed by atoms with van der Waals surface area (Å²) in [4.78, 5) is 14.8. The maximum Gasteiger partial charge on any atom is 0.341 e. The number of carboxylic acid groups (broad SMARTS) is 1. The molecule has 2 N–H and O–H groups in total. The first-order chi connectivity index (χ1) is 9.11. The van der Waals surface area contributed by atoms with Gasteiger partial charge in [0.2, 0.25) is 5.82 Å². The Morgan fingerprint density at radius 2 is 2.16 bits per heavy atom. The van der Waals surface area contributed by atoms with Crippen LogP contribution in [0.2, 0.25) is 0 Å². The summed E-state index contributed by atoms with van der Waals surface area (Å²) >= 11 is 0. The van der Waals surface area contributed by atoms with Gasteiger partial charge in [-0.2, -0.15) is 4.98 Å². The lowest BCUT2D eigenvalue weighted by atomic mass is 10.2. The Morgan fingerprint density at radius 1 is 1.42 bits per heavy atom. The molecule has 2 aromatic rings. The average molecular weight is 265 g/mol. The number of aromatic nitrogens is 3. The number of nitrogens with zero attached hydrogens (tertiary/aromatic N) is 3. The third kappa shape index (κ3) is 2.73. The standard InChI is InChI=1S/C11H11N3O5/c1-18-8-5-3-2-4-7(8)10-12-11(13-14(10)17)19-6-9(15)16/h2-5,17H,6H2,1H3,(H,15,16). The van der Waals surface area contributed by atoms with Crippen LogP contribution < -0.4 is 9.47 Å². The largest absolute Gasteiger partial charge is 0.496 e. The normalized spacial score (nSPS) is 10.2. The number of methoxy groups -OCH3 is 1. The third-order valence-electron chi connectivity index (χ3n) is 2.24. The van der Waals surface area contributed by atoms with Crippen LogP contribution in [0.3, 0.4) is 0 Å². The lowest BCUT2D eigenvalue weighted by molar-refractivity contribution is -0.139. The molecule has 1 aromatic carbocycles. The summed E-state index contributed by atoms with van der Waals surface area (Å²) in [5, 5.41) is 21.7. The Hall–Kier alpha value is -2.77. The Kier molecular flexibility index (Phi) is 3.51. The van der Waals surface area contributed by atoms with E-state index in [0.717, 1.165) is 0 Å². The predicted molar refractivity (Wildman–Crippen MR) is 62.3 cm³/mol. The number of rotatable bonds is 5. The van der Waals surface area contributed by atoms with Gasteiger partial charge < -0.3 is 19.8 Å². The summed E-state index contributed by atoms with van der Waals surface area (Å²) in [5.74, 6) is -0.569. The molecule has 0 aliphatic carbocycles. The van der Waals surface area contributed by atoms with E-state index in [1.54, 1.807) is 24.3 Å². The fraction of sp³-hybridized carbons (Fsp3) is 0.182. The van der Waals surface area contributed by atoms with Gasteiger partial charge in [0.25, 0.3) is 0 Å². The smallest absolute Gasteiger partial charge is 0.341 e. The van der Waals surface area contributed by atoms with Gasteiger partial charge in [-0.3, -0.25) is 0 Å². The average Bonchev–Trinajstić information content (AvgIpc) is 2.77. The fourth-order valence-corrected chi connectivity index (χ4v) is 1.47. The van der Waals surface area contributed by atoms with Gasteiger partial charge in [-0.15, -0.1) is 0 Å². The molecule has 8 heteroatoms. The molecule has 1 heterocycles. The first-order valence-corrected chi connectivity index (χ1v) is 5.26. The zero-order valence-corrected chi connectivity index (χ0v) is 9.98. The monoisotopic (exact) mass is 265 g/mol. The molecule has 0 saturated heterocycles. The Labute approximate surface area is 107 Å². The molecule has 0 bridgehead atoms. The van der Waals surface area contributed by atoms with Crippen molar-refractivity contribution < 1.29 is 24.6 Å². The Bertz CT molecular complexity index is 596. The van der Waals surface area contributed by atoms with Crippen molar-refractivity contribution in [2.75, 3.05) is 13.7 Å². The summed E-state index contributed by atoms with van der Waals surface area (Å²) in [7, 11) is 1.48. The second kappa shape index (κ2) is 5.25. The van der Waals surface area contributed by atoms with E-state index in [2.05, 4.69) is 10.1 Å². The van der Waals surface area contributed by atoms with E-state index < -0.39 is 12.6 Å². The van der Waals surface area contributed by atoms with Gasteiger partial charge in [-0.1, -0.05) is 22.1 Å². The highest BCUT2D eigenvalue weighted by atomic mass is 16.5. The van der Waals surface area contributed by atoms with Crippen molar-refractivity contribution >= 4 is 5.97 Å². The van der Waals surface area contributed by atoms with Crippen LogP contribution in [-0.4, -0.2) is 44.9 Å². The van der Waals surface area contributed by atoms with Crippen molar-refractivity contribution in [3.63, 3.8) is 0 Å². The number of para-hydroxylation sites is 1. The molecular formula is C11H11N3O5. The summed E-state index contributed by atoms with van der Waals surface area (Å²) in [6.45, 7) is -0.588. The van der Waals surface area contributed by atoms with Gasteiger partial charge in [-0.05, 0) is 12.1 Å². The molecule has 0 amide bonds.